The molecule has 0 aliphatic carbocycles. The van der Waals surface area contributed by atoms with Crippen LogP contribution in [0.5, 0.6) is 0 Å². The highest BCUT2D eigenvalue weighted by atomic mass is 31.1. The Morgan fingerprint density at radius 2 is 2.47 bits per heavy atom. The zero-order valence-electron chi connectivity index (χ0n) is 10.8. The molecule has 4 atom stereocenters. The lowest BCUT2D eigenvalue weighted by Gasteiger charge is -2.32. The summed E-state index contributed by atoms with van der Waals surface area (Å²) in [6.07, 6.45) is 5.79. The van der Waals surface area contributed by atoms with Crippen LogP contribution >= 0.6 is 8.00 Å². The van der Waals surface area contributed by atoms with Gasteiger partial charge in [-0.25, -0.2) is 4.79 Å². The Labute approximate surface area is 112 Å². The van der Waals surface area contributed by atoms with Gasteiger partial charge in [0, 0.05) is 6.20 Å². The lowest BCUT2D eigenvalue weighted by molar-refractivity contribution is -0.0331. The molecular weight excluding hydrogens is 269 g/mol. The molecule has 0 aromatic rings. The Balaban J connectivity index is 1.93. The van der Waals surface area contributed by atoms with Gasteiger partial charge in [0.2, 0.25) is 0 Å². The Bertz CT molecular complexity index is 415. The van der Waals surface area contributed by atoms with Crippen LogP contribution in [0.2, 0.25) is 0 Å². The average Bonchev–Trinajstić information content (AvgIpc) is 2.80. The number of ether oxygens (including phenoxy) is 1. The van der Waals surface area contributed by atoms with Crippen LogP contribution in [0, 0.1) is 0 Å². The molecule has 2 rings (SSSR count). The van der Waals surface area contributed by atoms with Crippen molar-refractivity contribution in [1.29, 1.82) is 0 Å². The van der Waals surface area contributed by atoms with Crippen molar-refractivity contribution < 1.29 is 18.9 Å². The summed E-state index contributed by atoms with van der Waals surface area (Å²) < 4.78 is 10.8. The molecule has 2 aliphatic rings. The molecule has 2 amide bonds. The van der Waals surface area contributed by atoms with Crippen LogP contribution in [-0.2, 0) is 9.26 Å². The molecule has 0 radical (unpaired) electrons. The van der Waals surface area contributed by atoms with Gasteiger partial charge < -0.3 is 25.2 Å². The predicted octanol–water partition coefficient (Wildman–Crippen LogP) is 0.190. The summed E-state index contributed by atoms with van der Waals surface area (Å²) in [7, 11) is -1.94. The van der Waals surface area contributed by atoms with Crippen LogP contribution in [0.15, 0.2) is 11.8 Å². The van der Waals surface area contributed by atoms with Crippen molar-refractivity contribution in [3.05, 3.63) is 11.8 Å². The van der Waals surface area contributed by atoms with Crippen LogP contribution < -0.4 is 11.1 Å². The van der Waals surface area contributed by atoms with Gasteiger partial charge in [0.05, 0.1) is 12.7 Å². The highest BCUT2D eigenvalue weighted by molar-refractivity contribution is 7.44. The van der Waals surface area contributed by atoms with Gasteiger partial charge in [-0.05, 0) is 25.3 Å². The second-order valence-corrected chi connectivity index (χ2v) is 5.78. The van der Waals surface area contributed by atoms with Gasteiger partial charge in [0.1, 0.15) is 20.4 Å². The number of rotatable bonds is 4. The van der Waals surface area contributed by atoms with Crippen LogP contribution in [0.25, 0.3) is 0 Å². The molecule has 0 saturated carbocycles. The number of carbonyl (C=O) groups excluding carboxylic acids is 1. The molecule has 19 heavy (non-hydrogen) atoms. The topological polar surface area (TPSA) is 97.0 Å². The van der Waals surface area contributed by atoms with E-state index < -0.39 is 14.2 Å². The monoisotopic (exact) mass is 289 g/mol. The number of hydrogen-bond acceptors (Lipinski definition) is 5. The van der Waals surface area contributed by atoms with Gasteiger partial charge in [-0.1, -0.05) is 6.30 Å². The molecular formula is C11H20N3O4P. The van der Waals surface area contributed by atoms with Gasteiger partial charge >= 0.3 is 6.03 Å². The van der Waals surface area contributed by atoms with Crippen molar-refractivity contribution in [3.63, 3.8) is 0 Å². The third kappa shape index (κ3) is 3.58. The molecule has 0 spiro atoms. The summed E-state index contributed by atoms with van der Waals surface area (Å²) in [6.45, 7) is 2.17. The molecule has 0 bridgehead atoms. The van der Waals surface area contributed by atoms with E-state index >= 15 is 0 Å². The number of urea groups is 1. The third-order valence-electron chi connectivity index (χ3n) is 3.18. The number of nitrogens with two attached hydrogens (primary N) is 1. The van der Waals surface area contributed by atoms with Crippen molar-refractivity contribution in [3.8, 4) is 0 Å². The molecule has 7 nitrogen and oxygen atoms in total. The summed E-state index contributed by atoms with van der Waals surface area (Å²) in [4.78, 5) is 22.4. The minimum atomic E-state index is -1.94. The van der Waals surface area contributed by atoms with Gasteiger partial charge in [-0.15, -0.1) is 0 Å². The number of amides is 2. The number of nitrogens with one attached hydrogen (secondary N) is 1. The Hall–Kier alpha value is -0.850. The van der Waals surface area contributed by atoms with E-state index in [1.165, 1.54) is 4.90 Å². The third-order valence-corrected chi connectivity index (χ3v) is 3.68. The van der Waals surface area contributed by atoms with E-state index in [1.54, 1.807) is 6.20 Å². The Morgan fingerprint density at radius 1 is 1.74 bits per heavy atom. The summed E-state index contributed by atoms with van der Waals surface area (Å²) in [5.41, 5.74) is 6.60. The second kappa shape index (κ2) is 6.07. The Kier molecular flexibility index (Phi) is 4.65. The van der Waals surface area contributed by atoms with Crippen molar-refractivity contribution in [2.24, 2.45) is 5.73 Å². The molecule has 4 unspecified atom stereocenters. The van der Waals surface area contributed by atoms with E-state index in [2.05, 4.69) is 11.6 Å². The maximum atomic E-state index is 11.8. The van der Waals surface area contributed by atoms with Crippen LogP contribution in [0.4, 0.5) is 4.79 Å². The zero-order valence-corrected chi connectivity index (χ0v) is 11.8. The van der Waals surface area contributed by atoms with E-state index in [0.29, 0.717) is 6.61 Å². The predicted molar refractivity (Wildman–Crippen MR) is 73.6 cm³/mol. The van der Waals surface area contributed by atoms with Crippen molar-refractivity contribution >= 4 is 20.3 Å². The average molecular weight is 289 g/mol. The van der Waals surface area contributed by atoms with Gasteiger partial charge in [0.15, 0.2) is 0 Å². The van der Waals surface area contributed by atoms with Crippen molar-refractivity contribution in [2.75, 3.05) is 6.61 Å². The first-order valence-electron chi connectivity index (χ1n) is 6.16. The fraction of sp³-hybridized carbons (Fsp3) is 0.636. The lowest BCUT2D eigenvalue weighted by Crippen LogP contribution is -2.54. The van der Waals surface area contributed by atoms with Crippen LogP contribution in [0.1, 0.15) is 19.8 Å². The molecule has 1 fully saturated rings. The van der Waals surface area contributed by atoms with Gasteiger partial charge in [-0.3, -0.25) is 4.90 Å². The number of hydrogen-bond donors (Lipinski definition) is 3. The van der Waals surface area contributed by atoms with Gasteiger partial charge in [-0.2, -0.15) is 0 Å². The quantitative estimate of drug-likeness (QED) is 0.642. The standard InChI is InChI=1S/C11H20N3O4P/c1-7-5-14(11(15)13-10(7)12)9-4-3-8(18-9)6-17-19(2)16/h5,8-10,16,19H,2-4,6,12H2,1H3,(H,13,15). The second-order valence-electron chi connectivity index (χ2n) is 4.70. The number of carbonyl (C=O) groups is 1. The van der Waals surface area contributed by atoms with E-state index in [9.17, 15) is 4.79 Å². The lowest BCUT2D eigenvalue weighted by atomic mass is 10.2. The van der Waals surface area contributed by atoms with E-state index in [-0.39, 0.29) is 18.4 Å². The largest absolute Gasteiger partial charge is 0.355 e. The molecule has 2 heterocycles. The fourth-order valence-corrected chi connectivity index (χ4v) is 2.48. The molecule has 8 heteroatoms. The highest BCUT2D eigenvalue weighted by Crippen LogP contribution is 2.27. The minimum absolute atomic E-state index is 0.115. The van der Waals surface area contributed by atoms with Crippen molar-refractivity contribution in [2.45, 2.75) is 38.3 Å². The molecule has 2 aliphatic heterocycles. The molecule has 4 N–H and O–H groups in total. The Morgan fingerprint density at radius 3 is 3.16 bits per heavy atom. The number of nitrogens with zero attached hydrogens (tertiary/aromatic N) is 1. The molecule has 0 aromatic carbocycles. The maximum absolute atomic E-state index is 11.8. The van der Waals surface area contributed by atoms with Gasteiger partial charge in [0.25, 0.3) is 0 Å². The summed E-state index contributed by atoms with van der Waals surface area (Å²) >= 11 is 0. The summed E-state index contributed by atoms with van der Waals surface area (Å²) in [5, 5.41) is 2.66. The van der Waals surface area contributed by atoms with Crippen LogP contribution in [-0.4, -0.2) is 47.2 Å². The molecule has 108 valence electrons. The first-order valence-corrected chi connectivity index (χ1v) is 7.72. The molecule has 0 aromatic heterocycles. The highest BCUT2D eigenvalue weighted by Gasteiger charge is 2.34. The zero-order chi connectivity index (χ0) is 14.0. The van der Waals surface area contributed by atoms with E-state index in [1.807, 2.05) is 6.92 Å². The first-order chi connectivity index (χ1) is 8.97. The maximum Gasteiger partial charge on any atom is 0.325 e. The smallest absolute Gasteiger partial charge is 0.325 e. The minimum Gasteiger partial charge on any atom is -0.355 e. The summed E-state index contributed by atoms with van der Waals surface area (Å²) in [5.74, 6) is 0. The first kappa shape index (κ1) is 14.6. The molecule has 1 saturated heterocycles. The fourth-order valence-electron chi connectivity index (χ4n) is 2.10. The van der Waals surface area contributed by atoms with E-state index in [0.717, 1.165) is 18.4 Å². The normalized spacial score (nSPS) is 33.0. The summed E-state index contributed by atoms with van der Waals surface area (Å²) in [6, 6.07) is -0.256. The van der Waals surface area contributed by atoms with Crippen molar-refractivity contribution in [1.82, 2.24) is 10.2 Å². The van der Waals surface area contributed by atoms with E-state index in [4.69, 9.17) is 19.9 Å². The SMILES string of the molecule is C=[PH](O)OCC1CCC(N2C=C(C)C(N)NC2=O)O1. The van der Waals surface area contributed by atoms with Crippen LogP contribution in [0.3, 0.4) is 0 Å².